The number of hydrogen-bond acceptors (Lipinski definition) is 8. The van der Waals surface area contributed by atoms with E-state index < -0.39 is 35.6 Å². The number of nitrogens with one attached hydrogen (secondary N) is 1. The van der Waals surface area contributed by atoms with Crippen LogP contribution in [0.25, 0.3) is 0 Å². The van der Waals surface area contributed by atoms with Crippen LogP contribution in [0.3, 0.4) is 0 Å². The molecule has 2 aromatic rings. The van der Waals surface area contributed by atoms with Crippen LogP contribution in [0.15, 0.2) is 53.5 Å². The highest BCUT2D eigenvalue weighted by Crippen LogP contribution is 2.25. The molecule has 2 aromatic carbocycles. The van der Waals surface area contributed by atoms with Gasteiger partial charge in [-0.15, -0.1) is 0 Å². The lowest BCUT2D eigenvalue weighted by atomic mass is 10.1. The molecule has 1 atom stereocenters. The molecule has 3 amide bonds. The van der Waals surface area contributed by atoms with Crippen molar-refractivity contribution in [3.63, 3.8) is 0 Å². The van der Waals surface area contributed by atoms with Gasteiger partial charge < -0.3 is 14.8 Å². The van der Waals surface area contributed by atoms with Gasteiger partial charge in [-0.05, 0) is 61.8 Å². The second-order valence-electron chi connectivity index (χ2n) is 7.18. The summed E-state index contributed by atoms with van der Waals surface area (Å²) in [5, 5.41) is 2.60. The number of aliphatic imine (C=N–C) groups is 1. The molecule has 0 saturated carbocycles. The number of esters is 1. The van der Waals surface area contributed by atoms with Crippen LogP contribution in [0.1, 0.15) is 34.1 Å². The fraction of sp³-hybridized carbons (Fsp3) is 0.292. The smallest absolute Gasteiger partial charge is 0.328 e. The van der Waals surface area contributed by atoms with E-state index in [1.807, 2.05) is 6.26 Å². The van der Waals surface area contributed by atoms with E-state index in [0.717, 1.165) is 4.90 Å². The number of carbonyl (C=O) groups excluding carboxylic acids is 4. The first-order chi connectivity index (χ1) is 16.4. The van der Waals surface area contributed by atoms with Crippen LogP contribution in [0.4, 0.5) is 5.69 Å². The average Bonchev–Trinajstić information content (AvgIpc) is 3.10. The van der Waals surface area contributed by atoms with Gasteiger partial charge in [-0.2, -0.15) is 11.8 Å². The summed E-state index contributed by atoms with van der Waals surface area (Å²) in [6.45, 7) is 1.82. The lowest BCUT2D eigenvalue weighted by Gasteiger charge is -2.20. The van der Waals surface area contributed by atoms with Crippen LogP contribution < -0.4 is 10.1 Å². The number of ether oxygens (including phenoxy) is 2. The Morgan fingerprint density at radius 1 is 1.06 bits per heavy atom. The molecule has 0 saturated heterocycles. The number of carbonyl (C=O) groups is 4. The molecule has 0 radical (unpaired) electrons. The molecule has 10 heteroatoms. The molecule has 9 nitrogen and oxygen atoms in total. The number of amides is 3. The first kappa shape index (κ1) is 25.0. The molecule has 0 unspecified atom stereocenters. The predicted octanol–water partition coefficient (Wildman–Crippen LogP) is 2.82. The second kappa shape index (κ2) is 11.5. The normalized spacial score (nSPS) is 14.0. The summed E-state index contributed by atoms with van der Waals surface area (Å²) in [4.78, 5) is 57.0. The molecule has 0 aliphatic carbocycles. The number of imide groups is 1. The van der Waals surface area contributed by atoms with E-state index in [-0.39, 0.29) is 17.7 Å². The van der Waals surface area contributed by atoms with Crippen molar-refractivity contribution < 1.29 is 28.7 Å². The Balaban J connectivity index is 2.00. The molecule has 0 fully saturated rings. The molecule has 0 aromatic heterocycles. The van der Waals surface area contributed by atoms with E-state index >= 15 is 0 Å². The summed E-state index contributed by atoms with van der Waals surface area (Å²) in [6.07, 6.45) is 2.18. The molecular weight excluding hydrogens is 458 g/mol. The van der Waals surface area contributed by atoms with Crippen LogP contribution in [0, 0.1) is 0 Å². The molecule has 1 heterocycles. The predicted molar refractivity (Wildman–Crippen MR) is 129 cm³/mol. The zero-order chi connectivity index (χ0) is 24.7. The summed E-state index contributed by atoms with van der Waals surface area (Å²) in [5.41, 5.74) is 0.665. The van der Waals surface area contributed by atoms with Gasteiger partial charge in [0.1, 0.15) is 11.8 Å². The molecular formula is C24H25N3O6S. The lowest BCUT2D eigenvalue weighted by molar-refractivity contribution is -0.146. The minimum atomic E-state index is -0.962. The molecule has 34 heavy (non-hydrogen) atoms. The van der Waals surface area contributed by atoms with Crippen LogP contribution in [-0.2, 0) is 14.3 Å². The van der Waals surface area contributed by atoms with Gasteiger partial charge in [0, 0.05) is 0 Å². The molecule has 178 valence electrons. The van der Waals surface area contributed by atoms with E-state index in [1.54, 1.807) is 43.3 Å². The van der Waals surface area contributed by atoms with Crippen molar-refractivity contribution in [2.75, 3.05) is 25.7 Å². The number of amidine groups is 1. The summed E-state index contributed by atoms with van der Waals surface area (Å²) in [7, 11) is 1.51. The van der Waals surface area contributed by atoms with Crippen molar-refractivity contribution in [1.29, 1.82) is 0 Å². The Hall–Kier alpha value is -3.66. The van der Waals surface area contributed by atoms with E-state index in [1.165, 1.54) is 31.0 Å². The van der Waals surface area contributed by atoms with E-state index in [2.05, 4.69) is 10.3 Å². The minimum absolute atomic E-state index is 0.148. The third-order valence-electron chi connectivity index (χ3n) is 5.00. The van der Waals surface area contributed by atoms with Crippen molar-refractivity contribution in [3.05, 3.63) is 59.7 Å². The van der Waals surface area contributed by atoms with Crippen LogP contribution in [0.5, 0.6) is 5.75 Å². The van der Waals surface area contributed by atoms with Crippen molar-refractivity contribution in [2.45, 2.75) is 19.4 Å². The maximum absolute atomic E-state index is 13.4. The van der Waals surface area contributed by atoms with Gasteiger partial charge in [0.25, 0.3) is 17.7 Å². The number of fused-ring (bicyclic) bond motifs is 1. The highest BCUT2D eigenvalue weighted by Gasteiger charge is 2.41. The third-order valence-corrected chi connectivity index (χ3v) is 5.65. The number of methoxy groups -OCH3 is 1. The number of benzene rings is 2. The lowest BCUT2D eigenvalue weighted by Crippen LogP contribution is -2.51. The zero-order valence-corrected chi connectivity index (χ0v) is 19.9. The number of rotatable bonds is 8. The van der Waals surface area contributed by atoms with Crippen LogP contribution in [-0.4, -0.2) is 66.2 Å². The monoisotopic (exact) mass is 483 g/mol. The summed E-state index contributed by atoms with van der Waals surface area (Å²) in [6, 6.07) is 11.8. The number of hydrogen-bond donors (Lipinski definition) is 1. The largest absolute Gasteiger partial charge is 0.497 e. The Bertz CT molecular complexity index is 1080. The van der Waals surface area contributed by atoms with Gasteiger partial charge in [0.15, 0.2) is 0 Å². The van der Waals surface area contributed by atoms with Crippen molar-refractivity contribution in [2.24, 2.45) is 4.99 Å². The Labute approximate surface area is 201 Å². The quantitative estimate of drug-likeness (QED) is 0.266. The summed E-state index contributed by atoms with van der Waals surface area (Å²) >= 11 is 1.50. The number of nitrogens with zero attached hydrogens (tertiary/aromatic N) is 2. The average molecular weight is 484 g/mol. The topological polar surface area (TPSA) is 114 Å². The van der Waals surface area contributed by atoms with Gasteiger partial charge in [-0.25, -0.2) is 14.7 Å². The van der Waals surface area contributed by atoms with Crippen LogP contribution in [0.2, 0.25) is 0 Å². The van der Waals surface area contributed by atoms with Gasteiger partial charge in [-0.1, -0.05) is 12.1 Å². The van der Waals surface area contributed by atoms with Crippen molar-refractivity contribution >= 4 is 47.0 Å². The third kappa shape index (κ3) is 5.45. The van der Waals surface area contributed by atoms with Gasteiger partial charge >= 0.3 is 5.97 Å². The first-order valence-corrected chi connectivity index (χ1v) is 12.0. The van der Waals surface area contributed by atoms with E-state index in [0.29, 0.717) is 23.6 Å². The standard InChI is InChI=1S/C24H25N3O6S/c1-4-33-24(31)19(13-14-34-3)26-21(28)20(25-15-9-11-16(32-2)12-10-15)27-22(29)17-7-5-6-8-18(17)23(27)30/h5-12,19H,4,13-14H2,1-3H3,(H,26,28)/t19-/m1/s1. The number of thioether (sulfide) groups is 1. The van der Waals surface area contributed by atoms with Crippen LogP contribution >= 0.6 is 11.8 Å². The van der Waals surface area contributed by atoms with Gasteiger partial charge in [-0.3, -0.25) is 14.4 Å². The minimum Gasteiger partial charge on any atom is -0.497 e. The van der Waals surface area contributed by atoms with Crippen molar-refractivity contribution in [1.82, 2.24) is 10.2 Å². The fourth-order valence-electron chi connectivity index (χ4n) is 3.31. The van der Waals surface area contributed by atoms with E-state index in [4.69, 9.17) is 9.47 Å². The summed E-state index contributed by atoms with van der Waals surface area (Å²) < 4.78 is 10.2. The van der Waals surface area contributed by atoms with Crippen molar-refractivity contribution in [3.8, 4) is 5.75 Å². The fourth-order valence-corrected chi connectivity index (χ4v) is 3.78. The SMILES string of the molecule is CCOC(=O)[C@@H](CCSC)NC(=O)C(=Nc1ccc(OC)cc1)N1C(=O)c2ccccc2C1=O. The highest BCUT2D eigenvalue weighted by atomic mass is 32.2. The Kier molecular flexibility index (Phi) is 8.42. The molecule has 1 N–H and O–H groups in total. The molecule has 1 aliphatic rings. The maximum atomic E-state index is 13.4. The second-order valence-corrected chi connectivity index (χ2v) is 8.17. The Morgan fingerprint density at radius 3 is 2.21 bits per heavy atom. The molecule has 3 rings (SSSR count). The Morgan fingerprint density at radius 2 is 1.68 bits per heavy atom. The van der Waals surface area contributed by atoms with Gasteiger partial charge in [0.2, 0.25) is 5.84 Å². The summed E-state index contributed by atoms with van der Waals surface area (Å²) in [5.74, 6) is -2.05. The highest BCUT2D eigenvalue weighted by molar-refractivity contribution is 7.98. The maximum Gasteiger partial charge on any atom is 0.328 e. The first-order valence-electron chi connectivity index (χ1n) is 10.6. The van der Waals surface area contributed by atoms with Gasteiger partial charge in [0.05, 0.1) is 30.5 Å². The van der Waals surface area contributed by atoms with E-state index in [9.17, 15) is 19.2 Å². The molecule has 0 spiro atoms. The zero-order valence-electron chi connectivity index (χ0n) is 19.1. The molecule has 0 bridgehead atoms. The molecule has 1 aliphatic heterocycles.